The van der Waals surface area contributed by atoms with E-state index in [1.807, 2.05) is 6.26 Å². The average molecular weight is 301 g/mol. The number of amides is 1. The highest BCUT2D eigenvalue weighted by Gasteiger charge is 2.21. The van der Waals surface area contributed by atoms with Crippen molar-refractivity contribution < 1.29 is 4.79 Å². The van der Waals surface area contributed by atoms with Gasteiger partial charge in [0.15, 0.2) is 0 Å². The van der Waals surface area contributed by atoms with Gasteiger partial charge >= 0.3 is 0 Å². The van der Waals surface area contributed by atoms with Gasteiger partial charge in [0.05, 0.1) is 10.6 Å². The molecule has 0 aliphatic carbocycles. The maximum absolute atomic E-state index is 12.0. The van der Waals surface area contributed by atoms with Gasteiger partial charge in [-0.05, 0) is 12.7 Å². The number of rotatable bonds is 7. The Kier molecular flexibility index (Phi) is 6.51. The molecule has 6 heteroatoms. The minimum Gasteiger partial charge on any atom is -0.396 e. The third kappa shape index (κ3) is 4.04. The summed E-state index contributed by atoms with van der Waals surface area (Å²) in [4.78, 5) is 15.2. The van der Waals surface area contributed by atoms with Crippen LogP contribution in [0.5, 0.6) is 0 Å². The Morgan fingerprint density at radius 3 is 2.63 bits per heavy atom. The number of nitrogen functional groups attached to an aromatic ring is 1. The van der Waals surface area contributed by atoms with Crippen molar-refractivity contribution in [3.8, 4) is 0 Å². The van der Waals surface area contributed by atoms with E-state index in [1.165, 1.54) is 24.2 Å². The summed E-state index contributed by atoms with van der Waals surface area (Å²) in [6, 6.07) is 0. The summed E-state index contributed by atoms with van der Waals surface area (Å²) >= 11 is 3.04. The van der Waals surface area contributed by atoms with E-state index in [-0.39, 0.29) is 5.91 Å². The molecule has 0 atom stereocenters. The van der Waals surface area contributed by atoms with E-state index in [2.05, 4.69) is 12.2 Å². The van der Waals surface area contributed by atoms with Gasteiger partial charge in [0.1, 0.15) is 9.88 Å². The van der Waals surface area contributed by atoms with Crippen LogP contribution in [0.1, 0.15) is 35.9 Å². The molecule has 1 aromatic rings. The average Bonchev–Trinajstić information content (AvgIpc) is 2.70. The van der Waals surface area contributed by atoms with Crippen molar-refractivity contribution in [2.75, 3.05) is 37.9 Å². The molecule has 0 saturated carbocycles. The van der Waals surface area contributed by atoms with Gasteiger partial charge in [-0.25, -0.2) is 0 Å². The number of thioether (sulfide) groups is 1. The number of nitrogens with two attached hydrogens (primary N) is 1. The first-order valence-electron chi connectivity index (χ1n) is 6.44. The van der Waals surface area contributed by atoms with E-state index in [4.69, 9.17) is 5.73 Å². The summed E-state index contributed by atoms with van der Waals surface area (Å²) in [5.74, 6) is -0.0283. The zero-order valence-corrected chi connectivity index (χ0v) is 13.7. The fourth-order valence-corrected chi connectivity index (χ4v) is 3.77. The van der Waals surface area contributed by atoms with Crippen molar-refractivity contribution >= 4 is 39.7 Å². The van der Waals surface area contributed by atoms with Crippen LogP contribution in [0.25, 0.3) is 0 Å². The molecule has 1 rings (SSSR count). The second-order valence-corrected chi connectivity index (χ2v) is 6.38. The Morgan fingerprint density at radius 1 is 1.42 bits per heavy atom. The van der Waals surface area contributed by atoms with Gasteiger partial charge in [-0.15, -0.1) is 23.1 Å². The monoisotopic (exact) mass is 301 g/mol. The molecule has 0 fully saturated rings. The highest BCUT2D eigenvalue weighted by molar-refractivity contribution is 7.99. The number of nitrogens with zero attached hydrogens (tertiary/aromatic N) is 1. The maximum atomic E-state index is 12.0. The number of carbonyl (C=O) groups is 1. The van der Waals surface area contributed by atoms with Crippen LogP contribution in [0.15, 0.2) is 4.90 Å². The van der Waals surface area contributed by atoms with Gasteiger partial charge in [-0.2, -0.15) is 0 Å². The molecule has 1 amide bonds. The number of thiophene rings is 1. The number of nitrogens with one attached hydrogen (secondary N) is 1. The van der Waals surface area contributed by atoms with Crippen LogP contribution >= 0.6 is 23.1 Å². The van der Waals surface area contributed by atoms with Crippen LogP contribution in [0.2, 0.25) is 0 Å². The fourth-order valence-electron chi connectivity index (χ4n) is 1.69. The van der Waals surface area contributed by atoms with E-state index < -0.39 is 0 Å². The van der Waals surface area contributed by atoms with Crippen molar-refractivity contribution in [1.82, 2.24) is 4.90 Å². The van der Waals surface area contributed by atoms with Gasteiger partial charge < -0.3 is 16.0 Å². The minimum absolute atomic E-state index is 0.0283. The molecule has 0 aromatic carbocycles. The highest BCUT2D eigenvalue weighted by atomic mass is 32.2. The SMILES string of the molecule is CCCCCNc1sc(C(=O)N(C)C)c(N)c1SC. The molecule has 1 aromatic heterocycles. The quantitative estimate of drug-likeness (QED) is 0.599. The molecule has 0 aliphatic heterocycles. The lowest BCUT2D eigenvalue weighted by atomic mass is 10.2. The molecule has 0 saturated heterocycles. The molecule has 1 heterocycles. The molecule has 0 bridgehead atoms. The summed E-state index contributed by atoms with van der Waals surface area (Å²) in [7, 11) is 3.49. The number of unbranched alkanes of at least 4 members (excludes halogenated alkanes) is 2. The lowest BCUT2D eigenvalue weighted by Gasteiger charge is -2.08. The Labute approximate surface area is 123 Å². The molecular weight excluding hydrogens is 278 g/mol. The molecule has 0 spiro atoms. The first kappa shape index (κ1) is 16.2. The van der Waals surface area contributed by atoms with E-state index in [1.54, 1.807) is 30.8 Å². The van der Waals surface area contributed by atoms with Crippen LogP contribution in [0, 0.1) is 0 Å². The van der Waals surface area contributed by atoms with Gasteiger partial charge in [0, 0.05) is 20.6 Å². The lowest BCUT2D eigenvalue weighted by Crippen LogP contribution is -2.21. The molecule has 0 aliphatic rings. The first-order chi connectivity index (χ1) is 9.02. The zero-order chi connectivity index (χ0) is 14.4. The van der Waals surface area contributed by atoms with Crippen molar-refractivity contribution in [2.24, 2.45) is 0 Å². The van der Waals surface area contributed by atoms with E-state index in [9.17, 15) is 4.79 Å². The third-order valence-corrected chi connectivity index (χ3v) is 4.88. The molecule has 3 N–H and O–H groups in total. The van der Waals surface area contributed by atoms with Crippen LogP contribution in [-0.4, -0.2) is 37.7 Å². The largest absolute Gasteiger partial charge is 0.396 e. The number of carbonyl (C=O) groups excluding carboxylic acids is 1. The Hall–Kier alpha value is -0.880. The van der Waals surface area contributed by atoms with E-state index in [0.717, 1.165) is 22.9 Å². The summed E-state index contributed by atoms with van der Waals surface area (Å²) in [5, 5.41) is 4.42. The van der Waals surface area contributed by atoms with Crippen LogP contribution in [-0.2, 0) is 0 Å². The van der Waals surface area contributed by atoms with Gasteiger partial charge in [0.25, 0.3) is 5.91 Å². The minimum atomic E-state index is -0.0283. The third-order valence-electron chi connectivity index (χ3n) is 2.77. The van der Waals surface area contributed by atoms with E-state index >= 15 is 0 Å². The van der Waals surface area contributed by atoms with Crippen LogP contribution in [0.4, 0.5) is 10.7 Å². The first-order valence-corrected chi connectivity index (χ1v) is 8.48. The predicted molar refractivity (Wildman–Crippen MR) is 86.5 cm³/mol. The molecule has 108 valence electrons. The topological polar surface area (TPSA) is 58.4 Å². The molecule has 0 unspecified atom stereocenters. The summed E-state index contributed by atoms with van der Waals surface area (Å²) in [5.41, 5.74) is 6.69. The normalized spacial score (nSPS) is 10.5. The van der Waals surface area contributed by atoms with Crippen LogP contribution < -0.4 is 11.1 Å². The zero-order valence-electron chi connectivity index (χ0n) is 12.1. The highest BCUT2D eigenvalue weighted by Crippen LogP contribution is 2.41. The van der Waals surface area contributed by atoms with E-state index in [0.29, 0.717) is 10.6 Å². The Balaban J connectivity index is 2.86. The number of hydrogen-bond donors (Lipinski definition) is 2. The van der Waals surface area contributed by atoms with Gasteiger partial charge in [-0.3, -0.25) is 4.79 Å². The van der Waals surface area contributed by atoms with Crippen molar-refractivity contribution in [3.05, 3.63) is 4.88 Å². The number of hydrogen-bond acceptors (Lipinski definition) is 5. The maximum Gasteiger partial charge on any atom is 0.265 e. The van der Waals surface area contributed by atoms with Crippen molar-refractivity contribution in [2.45, 2.75) is 31.1 Å². The second kappa shape index (κ2) is 7.65. The van der Waals surface area contributed by atoms with Crippen molar-refractivity contribution in [3.63, 3.8) is 0 Å². The van der Waals surface area contributed by atoms with Gasteiger partial charge in [-0.1, -0.05) is 19.8 Å². The fraction of sp³-hybridized carbons (Fsp3) is 0.615. The predicted octanol–water partition coefficient (Wildman–Crippen LogP) is 3.36. The molecular formula is C13H23N3OS2. The molecule has 19 heavy (non-hydrogen) atoms. The molecule has 0 radical (unpaired) electrons. The Morgan fingerprint density at radius 2 is 2.11 bits per heavy atom. The van der Waals surface area contributed by atoms with Crippen molar-refractivity contribution in [1.29, 1.82) is 0 Å². The summed E-state index contributed by atoms with van der Waals surface area (Å²) in [6.45, 7) is 3.11. The standard InChI is InChI=1S/C13H23N3OS2/c1-5-6-7-8-15-12-10(18-4)9(14)11(19-12)13(17)16(2)3/h15H,5-8,14H2,1-4H3. The Bertz CT molecular complexity index is 430. The smallest absolute Gasteiger partial charge is 0.265 e. The summed E-state index contributed by atoms with van der Waals surface area (Å²) in [6.07, 6.45) is 5.54. The summed E-state index contributed by atoms with van der Waals surface area (Å²) < 4.78 is 0. The number of anilines is 2. The van der Waals surface area contributed by atoms with Gasteiger partial charge in [0.2, 0.25) is 0 Å². The van der Waals surface area contributed by atoms with Crippen LogP contribution in [0.3, 0.4) is 0 Å². The second-order valence-electron chi connectivity index (χ2n) is 4.54. The lowest BCUT2D eigenvalue weighted by molar-refractivity contribution is 0.0833. The molecule has 4 nitrogen and oxygen atoms in total.